The molecule has 2 N–H and O–H groups in total. The Hall–Kier alpha value is -0.940. The number of nitrogens with zero attached hydrogens (tertiary/aromatic N) is 3. The summed E-state index contributed by atoms with van der Waals surface area (Å²) in [6.45, 7) is 7.24. The van der Waals surface area contributed by atoms with Gasteiger partial charge in [-0.3, -0.25) is 9.58 Å². The second kappa shape index (κ2) is 6.71. The first-order valence-corrected chi connectivity index (χ1v) is 6.37. The zero-order valence-electron chi connectivity index (χ0n) is 10.9. The maximum atomic E-state index is 5.55. The molecule has 4 nitrogen and oxygen atoms in total. The molecule has 0 saturated heterocycles. The van der Waals surface area contributed by atoms with E-state index in [0.717, 1.165) is 31.7 Å². The largest absolute Gasteiger partial charge is 0.393 e. The van der Waals surface area contributed by atoms with Crippen molar-refractivity contribution in [1.29, 1.82) is 0 Å². The van der Waals surface area contributed by atoms with E-state index in [1.807, 2.05) is 24.0 Å². The van der Waals surface area contributed by atoms with Gasteiger partial charge in [-0.15, -0.1) is 0 Å². The summed E-state index contributed by atoms with van der Waals surface area (Å²) in [5.74, 6) is 0.630. The Bertz CT molecular complexity index is 359. The lowest BCUT2D eigenvalue weighted by atomic mass is 10.2. The quantitative estimate of drug-likeness (QED) is 0.750. The van der Waals surface area contributed by atoms with Crippen molar-refractivity contribution in [2.24, 2.45) is 18.7 Å². The molecule has 0 aliphatic carbocycles. The second-order valence-electron chi connectivity index (χ2n) is 4.83. The Morgan fingerprint density at radius 1 is 1.59 bits per heavy atom. The van der Waals surface area contributed by atoms with E-state index in [0.29, 0.717) is 10.9 Å². The summed E-state index contributed by atoms with van der Waals surface area (Å²) in [4.78, 5) is 2.94. The molecule has 96 valence electrons. The molecule has 0 aromatic carbocycles. The van der Waals surface area contributed by atoms with Crippen LogP contribution in [0.25, 0.3) is 0 Å². The topological polar surface area (TPSA) is 47.1 Å². The molecule has 0 bridgehead atoms. The Labute approximate surface area is 109 Å². The van der Waals surface area contributed by atoms with Gasteiger partial charge in [-0.05, 0) is 12.0 Å². The lowest BCUT2D eigenvalue weighted by molar-refractivity contribution is 0.239. The van der Waals surface area contributed by atoms with Crippen LogP contribution in [0, 0.1) is 5.92 Å². The summed E-state index contributed by atoms with van der Waals surface area (Å²) in [5, 5.41) is 4.40. The van der Waals surface area contributed by atoms with E-state index < -0.39 is 0 Å². The van der Waals surface area contributed by atoms with Crippen LogP contribution in [0.15, 0.2) is 12.3 Å². The molecular formula is C12H22N4S. The maximum absolute atomic E-state index is 5.55. The zero-order chi connectivity index (χ0) is 12.8. The highest BCUT2D eigenvalue weighted by molar-refractivity contribution is 7.80. The third kappa shape index (κ3) is 5.79. The fraction of sp³-hybridized carbons (Fsp3) is 0.667. The average Bonchev–Trinajstić information content (AvgIpc) is 2.59. The van der Waals surface area contributed by atoms with Gasteiger partial charge in [0.15, 0.2) is 0 Å². The van der Waals surface area contributed by atoms with Gasteiger partial charge in [0.25, 0.3) is 0 Å². The van der Waals surface area contributed by atoms with Crippen LogP contribution in [0.5, 0.6) is 0 Å². The van der Waals surface area contributed by atoms with Crippen LogP contribution in [0.1, 0.15) is 26.0 Å². The molecule has 0 fully saturated rings. The van der Waals surface area contributed by atoms with Crippen molar-refractivity contribution in [3.8, 4) is 0 Å². The molecule has 1 rings (SSSR count). The van der Waals surface area contributed by atoms with E-state index in [1.54, 1.807) is 0 Å². The highest BCUT2D eigenvalue weighted by atomic mass is 32.1. The molecule has 0 amide bonds. The van der Waals surface area contributed by atoms with Gasteiger partial charge in [-0.2, -0.15) is 5.10 Å². The van der Waals surface area contributed by atoms with Gasteiger partial charge < -0.3 is 5.73 Å². The number of thiocarbonyl (C=S) groups is 1. The van der Waals surface area contributed by atoms with E-state index in [4.69, 9.17) is 18.0 Å². The van der Waals surface area contributed by atoms with Crippen LogP contribution in [0.2, 0.25) is 0 Å². The van der Waals surface area contributed by atoms with Crippen LogP contribution >= 0.6 is 12.2 Å². The summed E-state index contributed by atoms with van der Waals surface area (Å²) in [6.07, 6.45) is 2.74. The van der Waals surface area contributed by atoms with Crippen molar-refractivity contribution < 1.29 is 0 Å². The van der Waals surface area contributed by atoms with E-state index in [1.165, 1.54) is 0 Å². The van der Waals surface area contributed by atoms with Gasteiger partial charge in [0.2, 0.25) is 0 Å². The van der Waals surface area contributed by atoms with Crippen LogP contribution in [-0.2, 0) is 13.6 Å². The minimum Gasteiger partial charge on any atom is -0.393 e. The van der Waals surface area contributed by atoms with Crippen molar-refractivity contribution in [2.75, 3.05) is 13.1 Å². The standard InChI is InChI=1S/C12H22N4S/c1-10(2)8-16(7-5-12(13)17)9-11-4-6-15(3)14-11/h4,6,10H,5,7-9H2,1-3H3,(H2,13,17). The van der Waals surface area contributed by atoms with Gasteiger partial charge in [-0.1, -0.05) is 26.1 Å². The molecule has 0 aliphatic rings. The lowest BCUT2D eigenvalue weighted by Crippen LogP contribution is -2.30. The molecule has 1 aromatic rings. The summed E-state index contributed by atoms with van der Waals surface area (Å²) in [6, 6.07) is 2.05. The number of hydrogen-bond acceptors (Lipinski definition) is 3. The molecule has 5 heteroatoms. The third-order valence-corrected chi connectivity index (χ3v) is 2.66. The zero-order valence-corrected chi connectivity index (χ0v) is 11.7. The lowest BCUT2D eigenvalue weighted by Gasteiger charge is -2.23. The van der Waals surface area contributed by atoms with Crippen molar-refractivity contribution in [3.63, 3.8) is 0 Å². The highest BCUT2D eigenvalue weighted by Crippen LogP contribution is 2.06. The summed E-state index contributed by atoms with van der Waals surface area (Å²) < 4.78 is 1.83. The molecule has 0 radical (unpaired) electrons. The van der Waals surface area contributed by atoms with Gasteiger partial charge in [-0.25, -0.2) is 0 Å². The van der Waals surface area contributed by atoms with Crippen molar-refractivity contribution in [3.05, 3.63) is 18.0 Å². The fourth-order valence-electron chi connectivity index (χ4n) is 1.80. The number of rotatable bonds is 7. The maximum Gasteiger partial charge on any atom is 0.0764 e. The van der Waals surface area contributed by atoms with E-state index in [2.05, 4.69) is 23.8 Å². The first-order valence-electron chi connectivity index (χ1n) is 5.96. The first kappa shape index (κ1) is 14.1. The minimum absolute atomic E-state index is 0.583. The molecule has 0 atom stereocenters. The predicted molar refractivity (Wildman–Crippen MR) is 74.7 cm³/mol. The highest BCUT2D eigenvalue weighted by Gasteiger charge is 2.10. The Kier molecular flexibility index (Phi) is 5.58. The van der Waals surface area contributed by atoms with Gasteiger partial charge in [0.05, 0.1) is 10.7 Å². The Morgan fingerprint density at radius 3 is 2.76 bits per heavy atom. The molecule has 17 heavy (non-hydrogen) atoms. The number of aryl methyl sites for hydroxylation is 1. The van der Waals surface area contributed by atoms with Crippen LogP contribution in [-0.4, -0.2) is 32.8 Å². The number of aromatic nitrogens is 2. The fourth-order valence-corrected chi connectivity index (χ4v) is 1.89. The third-order valence-electron chi connectivity index (χ3n) is 2.45. The molecule has 0 unspecified atom stereocenters. The monoisotopic (exact) mass is 254 g/mol. The molecule has 1 heterocycles. The van der Waals surface area contributed by atoms with E-state index in [9.17, 15) is 0 Å². The van der Waals surface area contributed by atoms with Crippen LogP contribution in [0.4, 0.5) is 0 Å². The van der Waals surface area contributed by atoms with Gasteiger partial charge in [0.1, 0.15) is 0 Å². The molecule has 1 aromatic heterocycles. The Morgan fingerprint density at radius 2 is 2.29 bits per heavy atom. The van der Waals surface area contributed by atoms with E-state index >= 15 is 0 Å². The number of nitrogens with two attached hydrogens (primary N) is 1. The average molecular weight is 254 g/mol. The second-order valence-corrected chi connectivity index (χ2v) is 5.35. The van der Waals surface area contributed by atoms with Crippen molar-refractivity contribution in [1.82, 2.24) is 14.7 Å². The summed E-state index contributed by atoms with van der Waals surface area (Å²) in [5.41, 5.74) is 6.65. The SMILES string of the molecule is CC(C)CN(CCC(N)=S)Cc1ccn(C)n1. The minimum atomic E-state index is 0.583. The summed E-state index contributed by atoms with van der Waals surface area (Å²) in [7, 11) is 1.94. The van der Waals surface area contributed by atoms with Gasteiger partial charge >= 0.3 is 0 Å². The van der Waals surface area contributed by atoms with Gasteiger partial charge in [0, 0.05) is 39.3 Å². The smallest absolute Gasteiger partial charge is 0.0764 e. The Balaban J connectivity index is 2.53. The van der Waals surface area contributed by atoms with E-state index in [-0.39, 0.29) is 0 Å². The molecule has 0 spiro atoms. The molecule has 0 aliphatic heterocycles. The van der Waals surface area contributed by atoms with Crippen molar-refractivity contribution in [2.45, 2.75) is 26.8 Å². The molecular weight excluding hydrogens is 232 g/mol. The molecule has 0 saturated carbocycles. The normalized spacial score (nSPS) is 11.4. The van der Waals surface area contributed by atoms with Crippen LogP contribution in [0.3, 0.4) is 0 Å². The predicted octanol–water partition coefficient (Wildman–Crippen LogP) is 1.55. The van der Waals surface area contributed by atoms with Crippen molar-refractivity contribution >= 4 is 17.2 Å². The first-order chi connectivity index (χ1) is 7.97. The summed E-state index contributed by atoms with van der Waals surface area (Å²) >= 11 is 4.93. The van der Waals surface area contributed by atoms with Crippen LogP contribution < -0.4 is 5.73 Å². The number of hydrogen-bond donors (Lipinski definition) is 1.